The predicted molar refractivity (Wildman–Crippen MR) is 124 cm³/mol. The number of rotatable bonds is 9. The molecular weight excluding hydrogens is 476 g/mol. The maximum Gasteiger partial charge on any atom is 0.311 e. The van der Waals surface area contributed by atoms with Crippen molar-refractivity contribution < 1.29 is 38.3 Å². The molecule has 0 radical (unpaired) electrons. The highest BCUT2D eigenvalue weighted by Crippen LogP contribution is 2.24. The number of esters is 1. The molecule has 36 heavy (non-hydrogen) atoms. The minimum Gasteiger partial charge on any atom is -0.497 e. The predicted octanol–water partition coefficient (Wildman–Crippen LogP) is 1.60. The Morgan fingerprint density at radius 2 is 1.78 bits per heavy atom. The fraction of sp³-hybridized carbons (Fsp3) is 0.304. The summed E-state index contributed by atoms with van der Waals surface area (Å²) in [6, 6.07) is 8.67. The summed E-state index contributed by atoms with van der Waals surface area (Å²) < 4.78 is 15.3. The van der Waals surface area contributed by atoms with Gasteiger partial charge in [0.1, 0.15) is 11.5 Å². The molecule has 0 saturated carbocycles. The molecule has 1 fully saturated rings. The van der Waals surface area contributed by atoms with Gasteiger partial charge in [-0.25, -0.2) is 0 Å². The highest BCUT2D eigenvalue weighted by Gasteiger charge is 2.37. The summed E-state index contributed by atoms with van der Waals surface area (Å²) in [6.07, 6.45) is -0.216. The molecule has 190 valence electrons. The molecule has 0 spiro atoms. The Labute approximate surface area is 205 Å². The molecule has 0 bridgehead atoms. The lowest BCUT2D eigenvalue weighted by atomic mass is 10.1. The van der Waals surface area contributed by atoms with E-state index in [2.05, 4.69) is 10.7 Å². The third-order valence-electron chi connectivity index (χ3n) is 5.34. The molecule has 13 heteroatoms. The van der Waals surface area contributed by atoms with Gasteiger partial charge in [0, 0.05) is 35.4 Å². The van der Waals surface area contributed by atoms with Crippen molar-refractivity contribution in [1.82, 2.24) is 10.4 Å². The van der Waals surface area contributed by atoms with Crippen LogP contribution in [0.15, 0.2) is 36.4 Å². The zero-order valence-electron chi connectivity index (χ0n) is 19.7. The number of nitro groups is 1. The van der Waals surface area contributed by atoms with Gasteiger partial charge in [-0.3, -0.25) is 39.7 Å². The fourth-order valence-electron chi connectivity index (χ4n) is 3.43. The molecule has 0 unspecified atom stereocenters. The maximum atomic E-state index is 12.6. The molecule has 2 N–H and O–H groups in total. The number of methoxy groups -OCH3 is 2. The number of carbonyl (C=O) groups is 4. The SMILES string of the molecule is COc1cc(OC)cc(C(=O)NN2C[C@@H](C(=O)OCC(=O)Nc3ccc(C)c([N+](=O)[O-])c3)CC2=O)c1. The van der Waals surface area contributed by atoms with E-state index in [4.69, 9.17) is 14.2 Å². The van der Waals surface area contributed by atoms with Crippen LogP contribution in [0.3, 0.4) is 0 Å². The fourth-order valence-corrected chi connectivity index (χ4v) is 3.43. The van der Waals surface area contributed by atoms with Gasteiger partial charge in [-0.15, -0.1) is 0 Å². The van der Waals surface area contributed by atoms with E-state index in [1.54, 1.807) is 13.0 Å². The quantitative estimate of drug-likeness (QED) is 0.295. The Hall–Kier alpha value is -4.68. The lowest BCUT2D eigenvalue weighted by Crippen LogP contribution is -2.43. The molecule has 2 aromatic rings. The van der Waals surface area contributed by atoms with Crippen LogP contribution in [0.4, 0.5) is 11.4 Å². The number of nitrogens with zero attached hydrogens (tertiary/aromatic N) is 2. The van der Waals surface area contributed by atoms with Crippen LogP contribution >= 0.6 is 0 Å². The second-order valence-corrected chi connectivity index (χ2v) is 7.86. The van der Waals surface area contributed by atoms with Gasteiger partial charge >= 0.3 is 5.97 Å². The van der Waals surface area contributed by atoms with Crippen molar-refractivity contribution in [2.24, 2.45) is 5.92 Å². The van der Waals surface area contributed by atoms with Crippen molar-refractivity contribution in [1.29, 1.82) is 0 Å². The molecule has 2 aromatic carbocycles. The van der Waals surface area contributed by atoms with Gasteiger partial charge in [0.05, 0.1) is 31.6 Å². The lowest BCUT2D eigenvalue weighted by Gasteiger charge is -2.18. The summed E-state index contributed by atoms with van der Waals surface area (Å²) >= 11 is 0. The number of anilines is 1. The number of hydrazine groups is 1. The number of carbonyl (C=O) groups excluding carboxylic acids is 4. The molecule has 1 atom stereocenters. The van der Waals surface area contributed by atoms with E-state index in [1.165, 1.54) is 44.6 Å². The summed E-state index contributed by atoms with van der Waals surface area (Å²) in [5.41, 5.74) is 3.06. The maximum absolute atomic E-state index is 12.6. The lowest BCUT2D eigenvalue weighted by molar-refractivity contribution is -0.385. The van der Waals surface area contributed by atoms with Crippen LogP contribution in [0.25, 0.3) is 0 Å². The molecular formula is C23H24N4O9. The van der Waals surface area contributed by atoms with Gasteiger partial charge in [0.2, 0.25) is 5.91 Å². The van der Waals surface area contributed by atoms with Crippen molar-refractivity contribution in [2.75, 3.05) is 32.7 Å². The van der Waals surface area contributed by atoms with Gasteiger partial charge in [0.25, 0.3) is 17.5 Å². The van der Waals surface area contributed by atoms with Gasteiger partial charge in [-0.05, 0) is 25.1 Å². The molecule has 0 aromatic heterocycles. The monoisotopic (exact) mass is 500 g/mol. The summed E-state index contributed by atoms with van der Waals surface area (Å²) in [7, 11) is 2.86. The second kappa shape index (κ2) is 11.2. The third-order valence-corrected chi connectivity index (χ3v) is 5.34. The molecule has 0 aliphatic carbocycles. The van der Waals surface area contributed by atoms with E-state index in [0.29, 0.717) is 17.1 Å². The van der Waals surface area contributed by atoms with Crippen LogP contribution in [-0.4, -0.2) is 61.0 Å². The molecule has 1 heterocycles. The van der Waals surface area contributed by atoms with Crippen LogP contribution < -0.4 is 20.2 Å². The zero-order chi connectivity index (χ0) is 26.4. The summed E-state index contributed by atoms with van der Waals surface area (Å²) in [4.78, 5) is 59.9. The molecule has 13 nitrogen and oxygen atoms in total. The first-order chi connectivity index (χ1) is 17.1. The number of hydrogen-bond acceptors (Lipinski definition) is 9. The molecule has 1 saturated heterocycles. The number of amides is 3. The van der Waals surface area contributed by atoms with E-state index in [0.717, 1.165) is 5.01 Å². The first-order valence-electron chi connectivity index (χ1n) is 10.7. The summed E-state index contributed by atoms with van der Waals surface area (Å²) in [5, 5.41) is 14.5. The second-order valence-electron chi connectivity index (χ2n) is 7.86. The van der Waals surface area contributed by atoms with E-state index < -0.39 is 41.1 Å². The van der Waals surface area contributed by atoms with E-state index in [1.807, 2.05) is 0 Å². The average molecular weight is 500 g/mol. The van der Waals surface area contributed by atoms with Gasteiger partial charge in [-0.1, -0.05) is 6.07 Å². The van der Waals surface area contributed by atoms with Crippen molar-refractivity contribution in [3.05, 3.63) is 57.6 Å². The van der Waals surface area contributed by atoms with Gasteiger partial charge in [-0.2, -0.15) is 0 Å². The Morgan fingerprint density at radius 1 is 1.11 bits per heavy atom. The molecule has 3 rings (SSSR count). The van der Waals surface area contributed by atoms with Crippen molar-refractivity contribution in [2.45, 2.75) is 13.3 Å². The topological polar surface area (TPSA) is 166 Å². The van der Waals surface area contributed by atoms with Gasteiger partial charge < -0.3 is 19.5 Å². The number of hydrogen-bond donors (Lipinski definition) is 2. The number of nitrogens with one attached hydrogen (secondary N) is 2. The van der Waals surface area contributed by atoms with E-state index in [-0.39, 0.29) is 29.9 Å². The first kappa shape index (κ1) is 25.9. The largest absolute Gasteiger partial charge is 0.497 e. The molecule has 1 aliphatic heterocycles. The Morgan fingerprint density at radius 3 is 2.39 bits per heavy atom. The normalized spacial score (nSPS) is 14.7. The number of nitro benzene ring substituents is 1. The van der Waals surface area contributed by atoms with Crippen molar-refractivity contribution >= 4 is 35.1 Å². The number of ether oxygens (including phenoxy) is 3. The standard InChI is InChI=1S/C23H24N4O9/c1-13-4-5-16(9-19(13)27(32)33)24-20(28)12-36-23(31)15-8-21(29)26(11-15)25-22(30)14-6-17(34-2)10-18(7-14)35-3/h4-7,9-10,15H,8,11-12H2,1-3H3,(H,24,28)(H,25,30)/t15-/m0/s1. The first-order valence-corrected chi connectivity index (χ1v) is 10.7. The zero-order valence-corrected chi connectivity index (χ0v) is 19.7. The molecule has 1 aliphatic rings. The Balaban J connectivity index is 1.53. The highest BCUT2D eigenvalue weighted by atomic mass is 16.6. The van der Waals surface area contributed by atoms with Crippen LogP contribution in [0.5, 0.6) is 11.5 Å². The van der Waals surface area contributed by atoms with Crippen LogP contribution in [-0.2, 0) is 19.1 Å². The number of aryl methyl sites for hydroxylation is 1. The van der Waals surface area contributed by atoms with Gasteiger partial charge in [0.15, 0.2) is 6.61 Å². The molecule has 3 amide bonds. The minimum atomic E-state index is -0.897. The van der Waals surface area contributed by atoms with Crippen molar-refractivity contribution in [3.63, 3.8) is 0 Å². The Kier molecular flexibility index (Phi) is 8.04. The average Bonchev–Trinajstić information content (AvgIpc) is 3.23. The smallest absolute Gasteiger partial charge is 0.311 e. The van der Waals surface area contributed by atoms with Crippen LogP contribution in [0.2, 0.25) is 0 Å². The summed E-state index contributed by atoms with van der Waals surface area (Å²) in [5.74, 6) is -2.75. The Bertz CT molecular complexity index is 1190. The number of benzene rings is 2. The minimum absolute atomic E-state index is 0.143. The van der Waals surface area contributed by atoms with E-state index >= 15 is 0 Å². The summed E-state index contributed by atoms with van der Waals surface area (Å²) in [6.45, 7) is 0.769. The van der Waals surface area contributed by atoms with Crippen LogP contribution in [0, 0.1) is 23.0 Å². The highest BCUT2D eigenvalue weighted by molar-refractivity contribution is 5.97. The van der Waals surface area contributed by atoms with E-state index in [9.17, 15) is 29.3 Å². The van der Waals surface area contributed by atoms with Crippen LogP contribution in [0.1, 0.15) is 22.3 Å². The van der Waals surface area contributed by atoms with Crippen molar-refractivity contribution in [3.8, 4) is 11.5 Å². The third kappa shape index (κ3) is 6.25.